The molecule has 11 heteroatoms. The van der Waals surface area contributed by atoms with Gasteiger partial charge in [0.15, 0.2) is 5.75 Å². The van der Waals surface area contributed by atoms with Crippen molar-refractivity contribution in [2.75, 3.05) is 0 Å². The number of nitro benzene ring substituents is 2. The summed E-state index contributed by atoms with van der Waals surface area (Å²) in [7, 11) is 0. The maximum Gasteiger partial charge on any atom is 0.311 e. The summed E-state index contributed by atoms with van der Waals surface area (Å²) in [6, 6.07) is 9.75. The fourth-order valence-electron chi connectivity index (χ4n) is 2.34. The van der Waals surface area contributed by atoms with Gasteiger partial charge in [-0.25, -0.2) is 0 Å². The van der Waals surface area contributed by atoms with Gasteiger partial charge in [0.1, 0.15) is 6.61 Å². The Morgan fingerprint density at radius 3 is 2.32 bits per heavy atom. The second-order valence-corrected chi connectivity index (χ2v) is 6.56. The van der Waals surface area contributed by atoms with Crippen LogP contribution in [0.5, 0.6) is 5.75 Å². The Labute approximate surface area is 161 Å². The quantitative estimate of drug-likeness (QED) is 0.441. The first kappa shape index (κ1) is 19.0. The van der Waals surface area contributed by atoms with Crippen LogP contribution < -0.4 is 10.1 Å². The molecule has 0 aliphatic carbocycles. The van der Waals surface area contributed by atoms with Crippen LogP contribution in [-0.2, 0) is 11.4 Å². The van der Waals surface area contributed by atoms with Crippen molar-refractivity contribution in [1.29, 1.82) is 0 Å². The number of amides is 2. The van der Waals surface area contributed by atoms with E-state index in [9.17, 15) is 29.8 Å². The number of carbonyl (C=O) groups is 2. The van der Waals surface area contributed by atoms with Crippen molar-refractivity contribution in [1.82, 2.24) is 5.32 Å². The molecule has 142 valence electrons. The van der Waals surface area contributed by atoms with Gasteiger partial charge < -0.3 is 4.74 Å². The van der Waals surface area contributed by atoms with E-state index in [0.29, 0.717) is 22.9 Å². The maximum atomic E-state index is 11.6. The molecule has 0 saturated carbocycles. The zero-order valence-corrected chi connectivity index (χ0v) is 14.8. The average molecular weight is 401 g/mol. The Balaban J connectivity index is 1.79. The van der Waals surface area contributed by atoms with E-state index in [1.165, 1.54) is 48.5 Å². The van der Waals surface area contributed by atoms with Crippen LogP contribution in [0.3, 0.4) is 0 Å². The number of hydrogen-bond donors (Lipinski definition) is 1. The smallest absolute Gasteiger partial charge is 0.311 e. The summed E-state index contributed by atoms with van der Waals surface area (Å²) in [4.78, 5) is 43.8. The molecule has 0 unspecified atom stereocenters. The second kappa shape index (κ2) is 7.88. The minimum Gasteiger partial charge on any atom is -0.482 e. The lowest BCUT2D eigenvalue weighted by Crippen LogP contribution is -2.17. The summed E-state index contributed by atoms with van der Waals surface area (Å²) in [6.45, 7) is -0.0218. The lowest BCUT2D eigenvalue weighted by molar-refractivity contribution is -0.386. The Hall–Kier alpha value is -3.73. The van der Waals surface area contributed by atoms with Crippen molar-refractivity contribution < 1.29 is 24.2 Å². The molecular weight excluding hydrogens is 390 g/mol. The third kappa shape index (κ3) is 4.32. The van der Waals surface area contributed by atoms with Gasteiger partial charge in [-0.15, -0.1) is 0 Å². The van der Waals surface area contributed by atoms with E-state index in [0.717, 1.165) is 0 Å². The predicted octanol–water partition coefficient (Wildman–Crippen LogP) is 3.41. The van der Waals surface area contributed by atoms with E-state index in [1.54, 1.807) is 0 Å². The molecule has 1 heterocycles. The van der Waals surface area contributed by atoms with Crippen LogP contribution in [0.15, 0.2) is 47.4 Å². The molecule has 1 N–H and O–H groups in total. The largest absolute Gasteiger partial charge is 0.482 e. The summed E-state index contributed by atoms with van der Waals surface area (Å²) in [5.74, 6) is -0.554. The summed E-state index contributed by atoms with van der Waals surface area (Å²) < 4.78 is 5.48. The van der Waals surface area contributed by atoms with Crippen LogP contribution in [0.1, 0.15) is 11.1 Å². The van der Waals surface area contributed by atoms with Crippen LogP contribution in [0.2, 0.25) is 0 Å². The summed E-state index contributed by atoms with van der Waals surface area (Å²) >= 11 is 0.710. The number of rotatable bonds is 6. The van der Waals surface area contributed by atoms with Crippen molar-refractivity contribution in [2.24, 2.45) is 0 Å². The standard InChI is InChI=1S/C17H11N3O7S/c21-16-15(28-17(22)18-16)8-11-3-6-14(13(7-11)20(25)26)27-9-10-1-4-12(5-2-10)19(23)24/h1-8H,9H2,(H,18,21,22)/b15-8-. The Morgan fingerprint density at radius 2 is 1.75 bits per heavy atom. The molecule has 1 aliphatic heterocycles. The van der Waals surface area contributed by atoms with Gasteiger partial charge in [0.05, 0.1) is 14.8 Å². The van der Waals surface area contributed by atoms with Gasteiger partial charge in [-0.3, -0.25) is 35.1 Å². The van der Waals surface area contributed by atoms with Crippen molar-refractivity contribution >= 4 is 40.4 Å². The summed E-state index contributed by atoms with van der Waals surface area (Å²) in [5, 5.41) is 23.6. The Kier molecular flexibility index (Phi) is 5.36. The summed E-state index contributed by atoms with van der Waals surface area (Å²) in [5.41, 5.74) is 0.579. The molecule has 0 radical (unpaired) electrons. The molecule has 2 aromatic rings. The van der Waals surface area contributed by atoms with Gasteiger partial charge in [-0.1, -0.05) is 6.07 Å². The molecule has 28 heavy (non-hydrogen) atoms. The first-order valence-corrected chi connectivity index (χ1v) is 8.54. The molecule has 0 spiro atoms. The zero-order valence-electron chi connectivity index (χ0n) is 14.0. The molecular formula is C17H11N3O7S. The topological polar surface area (TPSA) is 142 Å². The van der Waals surface area contributed by atoms with Crippen LogP contribution in [0, 0.1) is 20.2 Å². The Bertz CT molecular complexity index is 1020. The third-order valence-electron chi connectivity index (χ3n) is 3.66. The molecule has 10 nitrogen and oxygen atoms in total. The number of hydrogen-bond acceptors (Lipinski definition) is 8. The van der Waals surface area contributed by atoms with E-state index in [4.69, 9.17) is 4.74 Å². The van der Waals surface area contributed by atoms with Crippen LogP contribution in [0.4, 0.5) is 16.2 Å². The molecule has 1 saturated heterocycles. The number of nitrogens with zero attached hydrogens (tertiary/aromatic N) is 2. The van der Waals surface area contributed by atoms with Gasteiger partial charge in [0, 0.05) is 18.2 Å². The highest BCUT2D eigenvalue weighted by atomic mass is 32.2. The molecule has 0 bridgehead atoms. The average Bonchev–Trinajstić information content (AvgIpc) is 2.97. The SMILES string of the molecule is O=C1NC(=O)/C(=C/c2ccc(OCc3ccc([N+](=O)[O-])cc3)c([N+](=O)[O-])c2)S1. The van der Waals surface area contributed by atoms with Crippen molar-refractivity contribution in [3.05, 3.63) is 78.7 Å². The molecule has 1 fully saturated rings. The van der Waals surface area contributed by atoms with Gasteiger partial charge >= 0.3 is 5.69 Å². The molecule has 0 atom stereocenters. The van der Waals surface area contributed by atoms with E-state index < -0.39 is 21.0 Å². The maximum absolute atomic E-state index is 11.6. The molecule has 3 rings (SSSR count). The van der Waals surface area contributed by atoms with Gasteiger partial charge in [-0.2, -0.15) is 0 Å². The number of thioether (sulfide) groups is 1. The number of benzene rings is 2. The van der Waals surface area contributed by atoms with E-state index >= 15 is 0 Å². The van der Waals surface area contributed by atoms with Crippen LogP contribution in [0.25, 0.3) is 6.08 Å². The highest BCUT2D eigenvalue weighted by Gasteiger charge is 2.25. The lowest BCUT2D eigenvalue weighted by atomic mass is 10.1. The fraction of sp³-hybridized carbons (Fsp3) is 0.0588. The normalized spacial score (nSPS) is 14.8. The van der Waals surface area contributed by atoms with Gasteiger partial charge in [0.2, 0.25) is 0 Å². The number of nitro groups is 2. The lowest BCUT2D eigenvalue weighted by Gasteiger charge is -2.07. The zero-order chi connectivity index (χ0) is 20.3. The van der Waals surface area contributed by atoms with Crippen molar-refractivity contribution in [2.45, 2.75) is 6.61 Å². The number of carbonyl (C=O) groups excluding carboxylic acids is 2. The fourth-order valence-corrected chi connectivity index (χ4v) is 3.02. The second-order valence-electron chi connectivity index (χ2n) is 5.55. The first-order valence-electron chi connectivity index (χ1n) is 7.73. The van der Waals surface area contributed by atoms with Crippen LogP contribution >= 0.6 is 11.8 Å². The number of imide groups is 1. The Morgan fingerprint density at radius 1 is 1.04 bits per heavy atom. The molecule has 0 aromatic heterocycles. The van der Waals surface area contributed by atoms with Gasteiger partial charge in [-0.05, 0) is 47.2 Å². The minimum absolute atomic E-state index is 0.00473. The highest BCUT2D eigenvalue weighted by Crippen LogP contribution is 2.32. The van der Waals surface area contributed by atoms with E-state index in [1.807, 2.05) is 0 Å². The van der Waals surface area contributed by atoms with Crippen molar-refractivity contribution in [3.8, 4) is 5.75 Å². The third-order valence-corrected chi connectivity index (χ3v) is 4.47. The van der Waals surface area contributed by atoms with Crippen molar-refractivity contribution in [3.63, 3.8) is 0 Å². The van der Waals surface area contributed by atoms with Gasteiger partial charge in [0.25, 0.3) is 16.8 Å². The number of non-ortho nitro benzene ring substituents is 1. The number of ether oxygens (including phenoxy) is 1. The van der Waals surface area contributed by atoms with E-state index in [2.05, 4.69) is 5.32 Å². The molecule has 2 aromatic carbocycles. The van der Waals surface area contributed by atoms with E-state index in [-0.39, 0.29) is 28.6 Å². The van der Waals surface area contributed by atoms with Crippen LogP contribution in [-0.4, -0.2) is 21.0 Å². The molecule has 1 aliphatic rings. The number of nitrogens with one attached hydrogen (secondary N) is 1. The molecule has 2 amide bonds. The highest BCUT2D eigenvalue weighted by molar-refractivity contribution is 8.18. The monoisotopic (exact) mass is 401 g/mol. The minimum atomic E-state index is -0.625. The summed E-state index contributed by atoms with van der Waals surface area (Å²) in [6.07, 6.45) is 1.37. The predicted molar refractivity (Wildman–Crippen MR) is 99.6 cm³/mol. The first-order chi connectivity index (χ1) is 13.3.